The number of rotatable bonds is 3. The Morgan fingerprint density at radius 2 is 2.54 bits per heavy atom. The number of oxime groups is 1. The lowest BCUT2D eigenvalue weighted by Gasteiger charge is -1.94. The Labute approximate surface area is 78.2 Å². The lowest BCUT2D eigenvalue weighted by Crippen LogP contribution is -2.16. The highest BCUT2D eigenvalue weighted by atomic mass is 32.1. The highest BCUT2D eigenvalue weighted by Crippen LogP contribution is 2.12. The smallest absolute Gasteiger partial charge is 0.294 e. The van der Waals surface area contributed by atoms with Crippen LogP contribution in [0.15, 0.2) is 10.5 Å². The van der Waals surface area contributed by atoms with Crippen LogP contribution in [-0.2, 0) is 9.63 Å². The molecule has 7 heteroatoms. The van der Waals surface area contributed by atoms with Crippen molar-refractivity contribution in [3.05, 3.63) is 10.4 Å². The molecule has 0 aromatic carbocycles. The Morgan fingerprint density at radius 3 is 2.92 bits per heavy atom. The van der Waals surface area contributed by atoms with E-state index in [-0.39, 0.29) is 5.71 Å². The van der Waals surface area contributed by atoms with Gasteiger partial charge in [-0.2, -0.15) is 0 Å². The highest BCUT2D eigenvalue weighted by Gasteiger charge is 2.15. The van der Waals surface area contributed by atoms with Gasteiger partial charge in [0.1, 0.15) is 12.9 Å². The lowest BCUT2D eigenvalue weighted by molar-refractivity contribution is -0.112. The van der Waals surface area contributed by atoms with Gasteiger partial charge in [-0.05, 0) is 0 Å². The molecule has 1 aromatic rings. The first-order chi connectivity index (χ1) is 6.15. The molecule has 0 spiro atoms. The first-order valence-electron chi connectivity index (χ1n) is 3.23. The summed E-state index contributed by atoms with van der Waals surface area (Å²) in [5, 5.41) is 5.23. The van der Waals surface area contributed by atoms with Crippen LogP contribution in [0.25, 0.3) is 0 Å². The molecular weight excluding hydrogens is 192 g/mol. The molecule has 6 nitrogen and oxygen atoms in total. The minimum absolute atomic E-state index is 0.135. The molecule has 13 heavy (non-hydrogen) atoms. The van der Waals surface area contributed by atoms with Crippen molar-refractivity contribution in [1.82, 2.24) is 10.7 Å². The van der Waals surface area contributed by atoms with E-state index in [1.54, 1.807) is 5.38 Å². The minimum atomic E-state index is -0.948. The standard InChI is InChI=1S/C6H7N4O2S/c1-12-10-4(5(8)11)6-9-3(7)2-13-6/h2,8H,7H2,1H3/b10-4+. The van der Waals surface area contributed by atoms with Crippen molar-refractivity contribution >= 4 is 28.8 Å². The van der Waals surface area contributed by atoms with Gasteiger partial charge in [0.25, 0.3) is 5.91 Å². The molecule has 0 aliphatic carbocycles. The van der Waals surface area contributed by atoms with Crippen LogP contribution in [-0.4, -0.2) is 23.7 Å². The van der Waals surface area contributed by atoms with Gasteiger partial charge in [0.2, 0.25) is 5.71 Å². The number of anilines is 1. The van der Waals surface area contributed by atoms with Gasteiger partial charge in [0.05, 0.1) is 0 Å². The van der Waals surface area contributed by atoms with Crippen LogP contribution in [0.1, 0.15) is 5.01 Å². The molecule has 0 atom stereocenters. The van der Waals surface area contributed by atoms with E-state index in [9.17, 15) is 4.79 Å². The maximum Gasteiger partial charge on any atom is 0.294 e. The summed E-state index contributed by atoms with van der Waals surface area (Å²) in [5.74, 6) is -0.652. The maximum absolute atomic E-state index is 10.7. The lowest BCUT2D eigenvalue weighted by atomic mass is 10.4. The average Bonchev–Trinajstić information content (AvgIpc) is 2.46. The van der Waals surface area contributed by atoms with Crippen LogP contribution in [0.2, 0.25) is 0 Å². The summed E-state index contributed by atoms with van der Waals surface area (Å²) < 4.78 is 0. The highest BCUT2D eigenvalue weighted by molar-refractivity contribution is 7.13. The Balaban J connectivity index is 3.02. The fourth-order valence-electron chi connectivity index (χ4n) is 0.664. The molecule has 1 heterocycles. The van der Waals surface area contributed by atoms with E-state index in [1.807, 2.05) is 0 Å². The fraction of sp³-hybridized carbons (Fsp3) is 0.167. The molecule has 3 N–H and O–H groups in total. The van der Waals surface area contributed by atoms with Crippen molar-refractivity contribution in [1.29, 1.82) is 0 Å². The molecule has 0 saturated heterocycles. The van der Waals surface area contributed by atoms with Gasteiger partial charge in [-0.1, -0.05) is 5.16 Å². The Bertz CT molecular complexity index is 346. The third-order valence-electron chi connectivity index (χ3n) is 1.12. The number of thiazole rings is 1. The maximum atomic E-state index is 10.7. The zero-order valence-electron chi connectivity index (χ0n) is 6.77. The summed E-state index contributed by atoms with van der Waals surface area (Å²) in [4.78, 5) is 18.9. The monoisotopic (exact) mass is 199 g/mol. The summed E-state index contributed by atoms with van der Waals surface area (Å²) in [6.45, 7) is 0. The van der Waals surface area contributed by atoms with Crippen LogP contribution in [0.3, 0.4) is 0 Å². The molecule has 1 amide bonds. The molecule has 0 aliphatic heterocycles. The summed E-state index contributed by atoms with van der Waals surface area (Å²) in [6.07, 6.45) is 0. The molecule has 1 rings (SSSR count). The summed E-state index contributed by atoms with van der Waals surface area (Å²) in [5.41, 5.74) is 12.1. The van der Waals surface area contributed by atoms with Crippen molar-refractivity contribution in [2.75, 3.05) is 12.8 Å². The Morgan fingerprint density at radius 1 is 1.85 bits per heavy atom. The first kappa shape index (κ1) is 9.46. The van der Waals surface area contributed by atoms with Gasteiger partial charge in [-0.15, -0.1) is 11.3 Å². The van der Waals surface area contributed by atoms with Crippen molar-refractivity contribution in [2.45, 2.75) is 0 Å². The molecule has 0 fully saturated rings. The van der Waals surface area contributed by atoms with Crippen molar-refractivity contribution in [2.24, 2.45) is 5.16 Å². The molecule has 0 saturated carbocycles. The predicted octanol–water partition coefficient (Wildman–Crippen LogP) is -0.115. The topological polar surface area (TPSA) is 101 Å². The largest absolute Gasteiger partial charge is 0.398 e. The summed E-state index contributed by atoms with van der Waals surface area (Å²) >= 11 is 1.14. The molecule has 0 aliphatic rings. The van der Waals surface area contributed by atoms with Gasteiger partial charge < -0.3 is 10.6 Å². The third-order valence-corrected chi connectivity index (χ3v) is 1.99. The Hall–Kier alpha value is -1.63. The quantitative estimate of drug-likeness (QED) is 0.541. The second kappa shape index (κ2) is 3.85. The zero-order valence-corrected chi connectivity index (χ0v) is 7.59. The second-order valence-corrected chi connectivity index (χ2v) is 2.89. The van der Waals surface area contributed by atoms with E-state index < -0.39 is 5.91 Å². The average molecular weight is 199 g/mol. The number of nitrogen functional groups attached to an aromatic ring is 1. The van der Waals surface area contributed by atoms with Crippen LogP contribution in [0.4, 0.5) is 5.82 Å². The first-order valence-corrected chi connectivity index (χ1v) is 4.11. The second-order valence-electron chi connectivity index (χ2n) is 2.03. The molecule has 0 unspecified atom stereocenters. The molecule has 1 aromatic heterocycles. The van der Waals surface area contributed by atoms with Crippen molar-refractivity contribution < 1.29 is 9.63 Å². The van der Waals surface area contributed by atoms with Crippen LogP contribution in [0.5, 0.6) is 0 Å². The Kier molecular flexibility index (Phi) is 2.80. The predicted molar refractivity (Wildman–Crippen MR) is 48.2 cm³/mol. The molecular formula is C6H7N4O2S. The number of aromatic nitrogens is 1. The van der Waals surface area contributed by atoms with Crippen molar-refractivity contribution in [3.8, 4) is 0 Å². The number of carbonyl (C=O) groups is 1. The molecule has 69 valence electrons. The van der Waals surface area contributed by atoms with E-state index in [0.29, 0.717) is 10.8 Å². The van der Waals surface area contributed by atoms with Gasteiger partial charge in [0, 0.05) is 5.38 Å². The van der Waals surface area contributed by atoms with E-state index in [0.717, 1.165) is 11.3 Å². The fourth-order valence-corrected chi connectivity index (χ4v) is 1.35. The van der Waals surface area contributed by atoms with Gasteiger partial charge in [0.15, 0.2) is 5.01 Å². The molecule has 0 bridgehead atoms. The normalized spacial score (nSPS) is 11.3. The summed E-state index contributed by atoms with van der Waals surface area (Å²) in [6, 6.07) is 0. The van der Waals surface area contributed by atoms with Gasteiger partial charge in [-0.3, -0.25) is 10.5 Å². The van der Waals surface area contributed by atoms with Crippen LogP contribution in [0, 0.1) is 0 Å². The van der Waals surface area contributed by atoms with E-state index in [1.165, 1.54) is 7.11 Å². The van der Waals surface area contributed by atoms with E-state index in [2.05, 4.69) is 15.0 Å². The van der Waals surface area contributed by atoms with E-state index in [4.69, 9.17) is 11.5 Å². The number of hydrogen-bond acceptors (Lipinski definition) is 6. The number of hydrogen-bond donors (Lipinski definition) is 1. The number of nitrogens with one attached hydrogen (secondary N) is 1. The SMILES string of the molecule is CO/N=C(\C([NH])=O)c1nc(N)cs1. The van der Waals surface area contributed by atoms with Crippen molar-refractivity contribution in [3.63, 3.8) is 0 Å². The zero-order chi connectivity index (χ0) is 9.84. The minimum Gasteiger partial charge on any atom is -0.398 e. The number of carbonyl (C=O) groups excluding carboxylic acids is 1. The van der Waals surface area contributed by atoms with Gasteiger partial charge in [-0.25, -0.2) is 4.98 Å². The van der Waals surface area contributed by atoms with Crippen LogP contribution < -0.4 is 11.5 Å². The van der Waals surface area contributed by atoms with E-state index >= 15 is 0 Å². The number of amides is 1. The summed E-state index contributed by atoms with van der Waals surface area (Å²) in [7, 11) is 1.29. The third kappa shape index (κ3) is 2.15. The van der Waals surface area contributed by atoms with Crippen LogP contribution >= 0.6 is 11.3 Å². The van der Waals surface area contributed by atoms with Gasteiger partial charge >= 0.3 is 0 Å². The number of nitrogens with two attached hydrogens (primary N) is 1. The number of nitrogens with zero attached hydrogens (tertiary/aromatic N) is 2. The molecule has 1 radical (unpaired) electrons.